The molecular weight excluding hydrogens is 364 g/mol. The fourth-order valence-electron chi connectivity index (χ4n) is 3.03. The zero-order valence-electron chi connectivity index (χ0n) is 15.4. The topological polar surface area (TPSA) is 69.7 Å². The molecule has 0 saturated heterocycles. The van der Waals surface area contributed by atoms with Crippen molar-refractivity contribution in [3.63, 3.8) is 0 Å². The third-order valence-corrected chi connectivity index (χ3v) is 5.61. The minimum Gasteiger partial charge on any atom is -0.465 e. The van der Waals surface area contributed by atoms with Gasteiger partial charge in [-0.1, -0.05) is 55.0 Å². The molecule has 0 radical (unpaired) electrons. The molecule has 2 aliphatic carbocycles. The first-order chi connectivity index (χ1) is 12.9. The van der Waals surface area contributed by atoms with E-state index in [2.05, 4.69) is 0 Å². The van der Waals surface area contributed by atoms with E-state index in [0.717, 1.165) is 5.56 Å². The van der Waals surface area contributed by atoms with Gasteiger partial charge in [0.2, 0.25) is 0 Å². The van der Waals surface area contributed by atoms with E-state index >= 15 is 0 Å². The molecule has 27 heavy (non-hydrogen) atoms. The Labute approximate surface area is 159 Å². The summed E-state index contributed by atoms with van der Waals surface area (Å²) in [5.74, 6) is -0.352. The highest BCUT2D eigenvalue weighted by molar-refractivity contribution is 7.87. The van der Waals surface area contributed by atoms with E-state index in [1.54, 1.807) is 42.5 Å². The van der Waals surface area contributed by atoms with Crippen LogP contribution in [0, 0.1) is 6.92 Å². The molecular formula is C21H20O5S. The molecule has 0 spiro atoms. The number of carbonyl (C=O) groups is 1. The van der Waals surface area contributed by atoms with Gasteiger partial charge in [-0.05, 0) is 25.5 Å². The molecule has 2 aliphatic rings. The molecule has 0 atom stereocenters. The Morgan fingerprint density at radius 3 is 2.19 bits per heavy atom. The van der Waals surface area contributed by atoms with Gasteiger partial charge >= 0.3 is 16.1 Å². The molecule has 1 aromatic rings. The van der Waals surface area contributed by atoms with Gasteiger partial charge in [0.25, 0.3) is 0 Å². The lowest BCUT2D eigenvalue weighted by Gasteiger charge is -2.09. The Kier molecular flexibility index (Phi) is 5.19. The Hall–Kier alpha value is -2.86. The lowest BCUT2D eigenvalue weighted by molar-refractivity contribution is 0.0600. The summed E-state index contributed by atoms with van der Waals surface area (Å²) < 4.78 is 36.1. The standard InChI is InChI=1S/C21H20O5S/c1-4-16-19(21(22)25-3)17-8-6-5-7-9-18(17)20(16)26-27(23,24)15-12-10-14(2)11-13-15/h5-13H,4H2,1-3H3. The third-order valence-electron chi connectivity index (χ3n) is 4.37. The number of ether oxygens (including phenoxy) is 1. The molecule has 5 nitrogen and oxygen atoms in total. The first kappa shape index (κ1) is 18.9. The van der Waals surface area contributed by atoms with Crippen LogP contribution >= 0.6 is 0 Å². The normalized spacial score (nSPS) is 11.4. The van der Waals surface area contributed by atoms with Gasteiger partial charge in [-0.3, -0.25) is 0 Å². The van der Waals surface area contributed by atoms with Crippen LogP contribution in [0.1, 0.15) is 28.4 Å². The van der Waals surface area contributed by atoms with Crippen molar-refractivity contribution in [3.05, 3.63) is 71.3 Å². The average molecular weight is 384 g/mol. The summed E-state index contributed by atoms with van der Waals surface area (Å²) in [6.45, 7) is 3.71. The van der Waals surface area contributed by atoms with E-state index in [1.165, 1.54) is 19.2 Å². The number of methoxy groups -OCH3 is 1. The molecule has 3 rings (SSSR count). The smallest absolute Gasteiger partial charge is 0.339 e. The molecule has 0 amide bonds. The molecule has 0 bridgehead atoms. The van der Waals surface area contributed by atoms with Crippen LogP contribution in [-0.2, 0) is 21.3 Å². The van der Waals surface area contributed by atoms with Crippen molar-refractivity contribution in [2.45, 2.75) is 25.2 Å². The van der Waals surface area contributed by atoms with Crippen molar-refractivity contribution >= 4 is 16.1 Å². The largest absolute Gasteiger partial charge is 0.465 e. The number of hydrogen-bond donors (Lipinski definition) is 0. The van der Waals surface area contributed by atoms with E-state index in [-0.39, 0.29) is 10.6 Å². The molecule has 0 unspecified atom stereocenters. The second-order valence-electron chi connectivity index (χ2n) is 6.12. The lowest BCUT2D eigenvalue weighted by Crippen LogP contribution is -2.11. The first-order valence-corrected chi connectivity index (χ1v) is 9.93. The molecule has 1 aromatic carbocycles. The summed E-state index contributed by atoms with van der Waals surface area (Å²) in [4.78, 5) is 12.4. The maximum Gasteiger partial charge on any atom is 0.339 e. The van der Waals surface area contributed by atoms with Crippen LogP contribution in [0.25, 0.3) is 11.1 Å². The number of carbonyl (C=O) groups excluding carboxylic acids is 1. The van der Waals surface area contributed by atoms with Gasteiger partial charge < -0.3 is 8.92 Å². The van der Waals surface area contributed by atoms with Gasteiger partial charge in [0.15, 0.2) is 5.75 Å². The van der Waals surface area contributed by atoms with Crippen molar-refractivity contribution in [2.75, 3.05) is 7.11 Å². The molecule has 0 N–H and O–H groups in total. The van der Waals surface area contributed by atoms with Crippen LogP contribution in [-0.4, -0.2) is 21.5 Å². The Morgan fingerprint density at radius 1 is 0.963 bits per heavy atom. The minimum atomic E-state index is -4.05. The van der Waals surface area contributed by atoms with E-state index in [9.17, 15) is 13.2 Å². The fourth-order valence-corrected chi connectivity index (χ4v) is 4.01. The zero-order valence-corrected chi connectivity index (χ0v) is 16.2. The average Bonchev–Trinajstić information content (AvgIpc) is 2.79. The zero-order chi connectivity index (χ0) is 19.6. The molecule has 0 aliphatic heterocycles. The van der Waals surface area contributed by atoms with Crippen LogP contribution in [0.5, 0.6) is 5.75 Å². The summed E-state index contributed by atoms with van der Waals surface area (Å²) in [6, 6.07) is 15.3. The summed E-state index contributed by atoms with van der Waals surface area (Å²) in [5.41, 5.74) is 2.94. The lowest BCUT2D eigenvalue weighted by atomic mass is 10.1. The van der Waals surface area contributed by atoms with Crippen LogP contribution in [0.2, 0.25) is 0 Å². The number of rotatable bonds is 5. The first-order valence-electron chi connectivity index (χ1n) is 8.52. The number of esters is 1. The van der Waals surface area contributed by atoms with Crippen molar-refractivity contribution in [1.82, 2.24) is 0 Å². The van der Waals surface area contributed by atoms with Gasteiger partial charge in [-0.25, -0.2) is 4.79 Å². The summed E-state index contributed by atoms with van der Waals surface area (Å²) >= 11 is 0. The molecule has 0 heterocycles. The molecule has 140 valence electrons. The highest BCUT2D eigenvalue weighted by atomic mass is 32.2. The van der Waals surface area contributed by atoms with Gasteiger partial charge in [0.1, 0.15) is 4.90 Å². The summed E-state index contributed by atoms with van der Waals surface area (Å²) in [7, 11) is -2.75. The Morgan fingerprint density at radius 2 is 1.59 bits per heavy atom. The summed E-state index contributed by atoms with van der Waals surface area (Å²) in [5, 5.41) is 0. The second-order valence-corrected chi connectivity index (χ2v) is 7.66. The highest BCUT2D eigenvalue weighted by Crippen LogP contribution is 2.44. The maximum atomic E-state index is 12.8. The second kappa shape index (κ2) is 7.40. The van der Waals surface area contributed by atoms with E-state index in [0.29, 0.717) is 28.7 Å². The molecule has 0 saturated carbocycles. The van der Waals surface area contributed by atoms with Gasteiger partial charge in [0, 0.05) is 16.7 Å². The van der Waals surface area contributed by atoms with Crippen LogP contribution in [0.4, 0.5) is 0 Å². The van der Waals surface area contributed by atoms with Gasteiger partial charge in [-0.2, -0.15) is 8.42 Å². The van der Waals surface area contributed by atoms with Gasteiger partial charge in [0.05, 0.1) is 12.7 Å². The molecule has 0 fully saturated rings. The predicted octanol–water partition coefficient (Wildman–Crippen LogP) is 4.22. The monoisotopic (exact) mass is 384 g/mol. The predicted molar refractivity (Wildman–Crippen MR) is 103 cm³/mol. The quantitative estimate of drug-likeness (QED) is 0.487. The number of hydrogen-bond acceptors (Lipinski definition) is 5. The van der Waals surface area contributed by atoms with Crippen molar-refractivity contribution in [1.29, 1.82) is 0 Å². The number of aryl methyl sites for hydroxylation is 1. The minimum absolute atomic E-state index is 0.0597. The Bertz CT molecular complexity index is 1050. The Balaban J connectivity index is 2.20. The van der Waals surface area contributed by atoms with Crippen LogP contribution in [0.3, 0.4) is 0 Å². The maximum absolute atomic E-state index is 12.8. The molecule has 6 heteroatoms. The fraction of sp³-hybridized carbons (Fsp3) is 0.190. The SMILES string of the molecule is CCc1c(OS(=O)(=O)c2ccc(C)cc2)c2cccccc-2c1C(=O)OC. The van der Waals surface area contributed by atoms with E-state index in [1.807, 2.05) is 13.8 Å². The number of benzene rings is 1. The van der Waals surface area contributed by atoms with Gasteiger partial charge in [-0.15, -0.1) is 0 Å². The number of fused-ring (bicyclic) bond motifs is 1. The van der Waals surface area contributed by atoms with E-state index < -0.39 is 16.1 Å². The molecule has 0 aromatic heterocycles. The van der Waals surface area contributed by atoms with Crippen LogP contribution < -0.4 is 4.18 Å². The van der Waals surface area contributed by atoms with Crippen molar-refractivity contribution < 1.29 is 22.1 Å². The highest BCUT2D eigenvalue weighted by Gasteiger charge is 2.30. The van der Waals surface area contributed by atoms with Crippen LogP contribution in [0.15, 0.2) is 59.5 Å². The van der Waals surface area contributed by atoms with Crippen molar-refractivity contribution in [2.24, 2.45) is 0 Å². The summed E-state index contributed by atoms with van der Waals surface area (Å²) in [6.07, 6.45) is 0.418. The van der Waals surface area contributed by atoms with Crippen molar-refractivity contribution in [3.8, 4) is 16.9 Å². The van der Waals surface area contributed by atoms with E-state index in [4.69, 9.17) is 8.92 Å². The third kappa shape index (κ3) is 3.53.